The summed E-state index contributed by atoms with van der Waals surface area (Å²) in [7, 11) is 1.53. The van der Waals surface area contributed by atoms with Gasteiger partial charge in [0, 0.05) is 12.5 Å². The highest BCUT2D eigenvalue weighted by molar-refractivity contribution is 5.94. The molecule has 1 rings (SSSR count). The lowest BCUT2D eigenvalue weighted by Crippen LogP contribution is -2.25. The Kier molecular flexibility index (Phi) is 6.36. The van der Waals surface area contributed by atoms with Gasteiger partial charge < -0.3 is 14.3 Å². The molecular formula is C14H19NO5. The summed E-state index contributed by atoms with van der Waals surface area (Å²) in [5.41, 5.74) is 2.36. The van der Waals surface area contributed by atoms with Gasteiger partial charge in [0.2, 0.25) is 0 Å². The first-order chi connectivity index (χ1) is 9.58. The van der Waals surface area contributed by atoms with Gasteiger partial charge in [-0.3, -0.25) is 9.59 Å². The number of methoxy groups -OCH3 is 1. The van der Waals surface area contributed by atoms with Crippen LogP contribution in [-0.2, 0) is 9.63 Å². The van der Waals surface area contributed by atoms with Crippen LogP contribution in [0.5, 0.6) is 11.5 Å². The van der Waals surface area contributed by atoms with Crippen molar-refractivity contribution in [2.24, 2.45) is 0 Å². The van der Waals surface area contributed by atoms with Crippen LogP contribution in [0, 0.1) is 0 Å². The van der Waals surface area contributed by atoms with Crippen LogP contribution in [0.15, 0.2) is 18.2 Å². The second-order valence-corrected chi connectivity index (χ2v) is 4.09. The fourth-order valence-corrected chi connectivity index (χ4v) is 1.43. The average Bonchev–Trinajstić information content (AvgIpc) is 2.44. The summed E-state index contributed by atoms with van der Waals surface area (Å²) >= 11 is 0. The maximum absolute atomic E-state index is 11.7. The molecule has 1 aromatic rings. The molecule has 0 aliphatic heterocycles. The van der Waals surface area contributed by atoms with Crippen molar-refractivity contribution in [2.75, 3.05) is 13.7 Å². The highest BCUT2D eigenvalue weighted by Gasteiger charge is 2.12. The van der Waals surface area contributed by atoms with E-state index in [-0.39, 0.29) is 0 Å². The molecule has 0 saturated heterocycles. The van der Waals surface area contributed by atoms with E-state index in [1.165, 1.54) is 14.0 Å². The number of carbonyl (C=O) groups excluding carboxylic acids is 2. The van der Waals surface area contributed by atoms with Crippen molar-refractivity contribution in [1.29, 1.82) is 0 Å². The molecule has 0 atom stereocenters. The number of rotatable bonds is 6. The van der Waals surface area contributed by atoms with E-state index in [1.54, 1.807) is 18.2 Å². The second-order valence-electron chi connectivity index (χ2n) is 4.09. The topological polar surface area (TPSA) is 73.9 Å². The predicted molar refractivity (Wildman–Crippen MR) is 72.6 cm³/mol. The van der Waals surface area contributed by atoms with E-state index < -0.39 is 11.9 Å². The Morgan fingerprint density at radius 3 is 2.60 bits per heavy atom. The number of carbonyl (C=O) groups is 2. The van der Waals surface area contributed by atoms with Crippen LogP contribution in [0.3, 0.4) is 0 Å². The van der Waals surface area contributed by atoms with E-state index in [9.17, 15) is 9.59 Å². The van der Waals surface area contributed by atoms with Gasteiger partial charge in [0.25, 0.3) is 5.91 Å². The number of amides is 1. The molecule has 0 unspecified atom stereocenters. The molecule has 20 heavy (non-hydrogen) atoms. The van der Waals surface area contributed by atoms with Gasteiger partial charge in [-0.15, -0.1) is 0 Å². The van der Waals surface area contributed by atoms with E-state index in [0.717, 1.165) is 12.8 Å². The lowest BCUT2D eigenvalue weighted by molar-refractivity contribution is -0.146. The van der Waals surface area contributed by atoms with Gasteiger partial charge in [0.05, 0.1) is 13.7 Å². The average molecular weight is 281 g/mol. The van der Waals surface area contributed by atoms with E-state index in [0.29, 0.717) is 23.7 Å². The largest absolute Gasteiger partial charge is 0.493 e. The van der Waals surface area contributed by atoms with Gasteiger partial charge in [-0.05, 0) is 24.6 Å². The smallest absolute Gasteiger partial charge is 0.329 e. The van der Waals surface area contributed by atoms with Crippen molar-refractivity contribution in [1.82, 2.24) is 5.48 Å². The van der Waals surface area contributed by atoms with Gasteiger partial charge in [-0.25, -0.2) is 0 Å². The Morgan fingerprint density at radius 1 is 1.25 bits per heavy atom. The molecule has 0 saturated carbocycles. The molecule has 0 spiro atoms. The fourth-order valence-electron chi connectivity index (χ4n) is 1.43. The highest BCUT2D eigenvalue weighted by atomic mass is 16.7. The first-order valence-corrected chi connectivity index (χ1v) is 6.37. The molecular weight excluding hydrogens is 262 g/mol. The maximum atomic E-state index is 11.7. The number of ether oxygens (including phenoxy) is 2. The maximum Gasteiger partial charge on any atom is 0.329 e. The summed E-state index contributed by atoms with van der Waals surface area (Å²) in [6, 6.07) is 4.74. The molecule has 1 amide bonds. The minimum Gasteiger partial charge on any atom is -0.493 e. The van der Waals surface area contributed by atoms with E-state index in [4.69, 9.17) is 9.47 Å². The van der Waals surface area contributed by atoms with Crippen molar-refractivity contribution in [2.45, 2.75) is 26.7 Å². The van der Waals surface area contributed by atoms with Crippen molar-refractivity contribution >= 4 is 11.9 Å². The third-order valence-electron chi connectivity index (χ3n) is 2.47. The molecule has 0 bridgehead atoms. The lowest BCUT2D eigenvalue weighted by Gasteiger charge is -2.12. The Hall–Kier alpha value is -2.24. The zero-order valence-corrected chi connectivity index (χ0v) is 11.9. The molecule has 1 N–H and O–H groups in total. The number of nitrogens with one attached hydrogen (secondary N) is 1. The third-order valence-corrected chi connectivity index (χ3v) is 2.47. The van der Waals surface area contributed by atoms with Crippen LogP contribution < -0.4 is 15.0 Å². The van der Waals surface area contributed by atoms with Crippen LogP contribution in [-0.4, -0.2) is 25.6 Å². The third kappa shape index (κ3) is 4.79. The van der Waals surface area contributed by atoms with Gasteiger partial charge in [0.15, 0.2) is 11.5 Å². The molecule has 6 heteroatoms. The first-order valence-electron chi connectivity index (χ1n) is 6.37. The quantitative estimate of drug-likeness (QED) is 0.638. The minimum atomic E-state index is -0.591. The van der Waals surface area contributed by atoms with Crippen molar-refractivity contribution in [3.8, 4) is 11.5 Å². The van der Waals surface area contributed by atoms with Crippen LogP contribution in [0.4, 0.5) is 0 Å². The number of unbranched alkanes of at least 4 members (excludes halogenated alkanes) is 1. The van der Waals surface area contributed by atoms with Crippen molar-refractivity contribution in [3.63, 3.8) is 0 Å². The van der Waals surface area contributed by atoms with Crippen LogP contribution >= 0.6 is 0 Å². The molecule has 6 nitrogen and oxygen atoms in total. The first kappa shape index (κ1) is 15.8. The Balaban J connectivity index is 2.79. The molecule has 0 aliphatic rings. The monoisotopic (exact) mass is 281 g/mol. The van der Waals surface area contributed by atoms with Gasteiger partial charge >= 0.3 is 5.97 Å². The van der Waals surface area contributed by atoms with Crippen LogP contribution in [0.1, 0.15) is 37.0 Å². The Bertz CT molecular complexity index is 473. The number of hydrogen-bond acceptors (Lipinski definition) is 5. The summed E-state index contributed by atoms with van der Waals surface area (Å²) in [6.07, 6.45) is 1.92. The highest BCUT2D eigenvalue weighted by Crippen LogP contribution is 2.28. The summed E-state index contributed by atoms with van der Waals surface area (Å²) in [4.78, 5) is 26.8. The van der Waals surface area contributed by atoms with Gasteiger partial charge in [-0.2, -0.15) is 5.48 Å². The predicted octanol–water partition coefficient (Wildman–Crippen LogP) is 2.08. The zero-order chi connectivity index (χ0) is 15.0. The van der Waals surface area contributed by atoms with Crippen LogP contribution in [0.2, 0.25) is 0 Å². The summed E-state index contributed by atoms with van der Waals surface area (Å²) < 4.78 is 10.7. The zero-order valence-electron chi connectivity index (χ0n) is 11.9. The fraction of sp³-hybridized carbons (Fsp3) is 0.429. The van der Waals surface area contributed by atoms with Crippen molar-refractivity contribution < 1.29 is 23.9 Å². The molecule has 0 radical (unpaired) electrons. The normalized spacial score (nSPS) is 9.75. The van der Waals surface area contributed by atoms with E-state index >= 15 is 0 Å². The summed E-state index contributed by atoms with van der Waals surface area (Å²) in [5.74, 6) is -0.0870. The van der Waals surface area contributed by atoms with Crippen LogP contribution in [0.25, 0.3) is 0 Å². The summed E-state index contributed by atoms with van der Waals surface area (Å²) in [6.45, 7) is 3.80. The van der Waals surface area contributed by atoms with Gasteiger partial charge in [-0.1, -0.05) is 13.3 Å². The SMILES string of the molecule is CCCCOc1cc(C(=O)NOC(C)=O)ccc1OC. The molecule has 110 valence electrons. The Labute approximate surface area is 118 Å². The molecule has 0 aromatic heterocycles. The molecule has 0 aliphatic carbocycles. The molecule has 0 fully saturated rings. The number of hydrogen-bond donors (Lipinski definition) is 1. The Morgan fingerprint density at radius 2 is 2.00 bits per heavy atom. The number of hydroxylamine groups is 1. The number of benzene rings is 1. The van der Waals surface area contributed by atoms with Gasteiger partial charge in [0.1, 0.15) is 0 Å². The second kappa shape index (κ2) is 8.04. The minimum absolute atomic E-state index is 0.318. The van der Waals surface area contributed by atoms with E-state index in [1.807, 2.05) is 5.48 Å². The molecule has 1 aromatic carbocycles. The van der Waals surface area contributed by atoms with Crippen molar-refractivity contribution in [3.05, 3.63) is 23.8 Å². The lowest BCUT2D eigenvalue weighted by atomic mass is 10.2. The molecule has 0 heterocycles. The standard InChI is InChI=1S/C14H19NO5/c1-4-5-8-19-13-9-11(6-7-12(13)18-3)14(17)15-20-10(2)16/h6-7,9H,4-5,8H2,1-3H3,(H,15,17). The summed E-state index contributed by atoms with van der Waals surface area (Å²) in [5, 5.41) is 0. The van der Waals surface area contributed by atoms with E-state index in [2.05, 4.69) is 11.8 Å².